The van der Waals surface area contributed by atoms with E-state index in [1.165, 1.54) is 0 Å². The fourth-order valence-electron chi connectivity index (χ4n) is 1.84. The van der Waals surface area contributed by atoms with Gasteiger partial charge in [0.05, 0.1) is 12.1 Å². The van der Waals surface area contributed by atoms with E-state index in [-0.39, 0.29) is 17.9 Å². The molecule has 0 spiro atoms. The summed E-state index contributed by atoms with van der Waals surface area (Å²) in [5, 5.41) is 12.5. The zero-order valence-corrected chi connectivity index (χ0v) is 11.7. The maximum absolute atomic E-state index is 12.0. The molecule has 3 nitrogen and oxygen atoms in total. The highest BCUT2D eigenvalue weighted by molar-refractivity contribution is 5.77. The third kappa shape index (κ3) is 4.15. The molecule has 1 rings (SSSR count). The monoisotopic (exact) mass is 249 g/mol. The van der Waals surface area contributed by atoms with E-state index < -0.39 is 5.54 Å². The summed E-state index contributed by atoms with van der Waals surface area (Å²) in [5.41, 5.74) is 0.135. The zero-order valence-electron chi connectivity index (χ0n) is 11.7. The highest BCUT2D eigenvalue weighted by atomic mass is 16.3. The number of hydrogen-bond acceptors (Lipinski definition) is 2. The first-order chi connectivity index (χ1) is 8.27. The first-order valence-electron chi connectivity index (χ1n) is 6.24. The number of hydrogen-bond donors (Lipinski definition) is 2. The average molecular weight is 249 g/mol. The van der Waals surface area contributed by atoms with Gasteiger partial charge in [0, 0.05) is 6.42 Å². The first kappa shape index (κ1) is 14.7. The number of benzene rings is 1. The minimum Gasteiger partial charge on any atom is -0.394 e. The Labute approximate surface area is 109 Å². The van der Waals surface area contributed by atoms with Gasteiger partial charge in [-0.25, -0.2) is 0 Å². The Bertz CT molecular complexity index is 395. The lowest BCUT2D eigenvalue weighted by Crippen LogP contribution is -2.47. The van der Waals surface area contributed by atoms with Crippen LogP contribution in [-0.2, 0) is 10.3 Å². The molecule has 0 fully saturated rings. The van der Waals surface area contributed by atoms with Crippen LogP contribution in [-0.4, -0.2) is 17.6 Å². The Morgan fingerprint density at radius 2 is 1.72 bits per heavy atom. The predicted octanol–water partition coefficient (Wildman–Crippen LogP) is 2.45. The summed E-state index contributed by atoms with van der Waals surface area (Å²) in [4.78, 5) is 12.0. The lowest BCUT2D eigenvalue weighted by atomic mass is 9.89. The van der Waals surface area contributed by atoms with Crippen molar-refractivity contribution in [3.8, 4) is 0 Å². The van der Waals surface area contributed by atoms with Crippen molar-refractivity contribution in [1.29, 1.82) is 0 Å². The van der Waals surface area contributed by atoms with Gasteiger partial charge in [-0.15, -0.1) is 0 Å². The van der Waals surface area contributed by atoms with E-state index in [1.807, 2.05) is 58.0 Å². The van der Waals surface area contributed by atoms with Crippen molar-refractivity contribution in [2.45, 2.75) is 39.7 Å². The fraction of sp³-hybridized carbons (Fsp3) is 0.533. The summed E-state index contributed by atoms with van der Waals surface area (Å²) >= 11 is 0. The van der Waals surface area contributed by atoms with E-state index in [0.29, 0.717) is 6.42 Å². The Balaban J connectivity index is 2.81. The Kier molecular flexibility index (Phi) is 4.52. The third-order valence-corrected chi connectivity index (χ3v) is 2.83. The quantitative estimate of drug-likeness (QED) is 0.861. The molecule has 1 unspecified atom stereocenters. The number of carbonyl (C=O) groups is 1. The van der Waals surface area contributed by atoms with Gasteiger partial charge in [0.1, 0.15) is 0 Å². The van der Waals surface area contributed by atoms with Crippen LogP contribution >= 0.6 is 0 Å². The van der Waals surface area contributed by atoms with Crippen molar-refractivity contribution < 1.29 is 9.90 Å². The molecule has 1 atom stereocenters. The van der Waals surface area contributed by atoms with Crippen LogP contribution in [0.4, 0.5) is 0 Å². The van der Waals surface area contributed by atoms with E-state index in [2.05, 4.69) is 5.32 Å². The van der Waals surface area contributed by atoms with Crippen molar-refractivity contribution in [3.63, 3.8) is 0 Å². The molecule has 0 aliphatic carbocycles. The Morgan fingerprint density at radius 3 is 2.17 bits per heavy atom. The Hall–Kier alpha value is -1.35. The largest absolute Gasteiger partial charge is 0.394 e. The molecule has 0 bridgehead atoms. The standard InChI is InChI=1S/C15H23NO2/c1-14(2,3)10-13(18)16-15(4,11-17)12-8-6-5-7-9-12/h5-9,17H,10-11H2,1-4H3,(H,16,18). The molecule has 1 aromatic rings. The molecular formula is C15H23NO2. The van der Waals surface area contributed by atoms with Gasteiger partial charge in [0.2, 0.25) is 5.91 Å². The maximum atomic E-state index is 12.0. The van der Waals surface area contributed by atoms with Crippen molar-refractivity contribution in [1.82, 2.24) is 5.32 Å². The molecule has 18 heavy (non-hydrogen) atoms. The topological polar surface area (TPSA) is 49.3 Å². The number of aliphatic hydroxyl groups is 1. The third-order valence-electron chi connectivity index (χ3n) is 2.83. The molecule has 0 aliphatic rings. The second kappa shape index (κ2) is 5.53. The van der Waals surface area contributed by atoms with Crippen molar-refractivity contribution in [2.24, 2.45) is 5.41 Å². The molecule has 0 radical (unpaired) electrons. The molecule has 0 saturated carbocycles. The molecule has 2 N–H and O–H groups in total. The normalized spacial score (nSPS) is 14.9. The van der Waals surface area contributed by atoms with Gasteiger partial charge >= 0.3 is 0 Å². The van der Waals surface area contributed by atoms with E-state index in [1.54, 1.807) is 0 Å². The molecular weight excluding hydrogens is 226 g/mol. The Morgan fingerprint density at radius 1 is 1.17 bits per heavy atom. The lowest BCUT2D eigenvalue weighted by Gasteiger charge is -2.30. The highest BCUT2D eigenvalue weighted by Crippen LogP contribution is 2.23. The summed E-state index contributed by atoms with van der Waals surface area (Å²) in [6.45, 7) is 7.78. The predicted molar refractivity (Wildman–Crippen MR) is 73.1 cm³/mol. The molecule has 100 valence electrons. The SMILES string of the molecule is CC(C)(C)CC(=O)NC(C)(CO)c1ccccc1. The summed E-state index contributed by atoms with van der Waals surface area (Å²) in [5.74, 6) is -0.0390. The van der Waals surface area contributed by atoms with Crippen LogP contribution in [0.1, 0.15) is 39.7 Å². The van der Waals surface area contributed by atoms with E-state index in [4.69, 9.17) is 0 Å². The minimum atomic E-state index is -0.719. The summed E-state index contributed by atoms with van der Waals surface area (Å²) in [6.07, 6.45) is 0.440. The molecule has 0 saturated heterocycles. The van der Waals surface area contributed by atoms with Crippen LogP contribution in [0.2, 0.25) is 0 Å². The van der Waals surface area contributed by atoms with Crippen molar-refractivity contribution in [3.05, 3.63) is 35.9 Å². The van der Waals surface area contributed by atoms with Crippen molar-refractivity contribution >= 4 is 5.91 Å². The number of amides is 1. The summed E-state index contributed by atoms with van der Waals surface area (Å²) in [6, 6.07) is 9.54. The van der Waals surface area contributed by atoms with E-state index in [0.717, 1.165) is 5.56 Å². The van der Waals surface area contributed by atoms with Crippen LogP contribution in [0.15, 0.2) is 30.3 Å². The van der Waals surface area contributed by atoms with Gasteiger partial charge in [-0.2, -0.15) is 0 Å². The number of nitrogens with one attached hydrogen (secondary N) is 1. The summed E-state index contributed by atoms with van der Waals surface area (Å²) < 4.78 is 0. The van der Waals surface area contributed by atoms with Crippen molar-refractivity contribution in [2.75, 3.05) is 6.61 Å². The number of carbonyl (C=O) groups excluding carboxylic acids is 1. The van der Waals surface area contributed by atoms with E-state index >= 15 is 0 Å². The van der Waals surface area contributed by atoms with Crippen LogP contribution < -0.4 is 5.32 Å². The van der Waals surface area contributed by atoms with E-state index in [9.17, 15) is 9.90 Å². The first-order valence-corrected chi connectivity index (χ1v) is 6.24. The van der Waals surface area contributed by atoms with Crippen LogP contribution in [0, 0.1) is 5.41 Å². The van der Waals surface area contributed by atoms with Gasteiger partial charge in [0.15, 0.2) is 0 Å². The molecule has 0 aliphatic heterocycles. The van der Waals surface area contributed by atoms with Crippen LogP contribution in [0.5, 0.6) is 0 Å². The smallest absolute Gasteiger partial charge is 0.221 e. The van der Waals surface area contributed by atoms with Gasteiger partial charge in [-0.05, 0) is 17.9 Å². The van der Waals surface area contributed by atoms with Gasteiger partial charge in [-0.3, -0.25) is 4.79 Å². The number of aliphatic hydroxyl groups excluding tert-OH is 1. The fourth-order valence-corrected chi connectivity index (χ4v) is 1.84. The van der Waals surface area contributed by atoms with Crippen LogP contribution in [0.3, 0.4) is 0 Å². The average Bonchev–Trinajstić information content (AvgIpc) is 2.27. The molecule has 0 aromatic heterocycles. The minimum absolute atomic E-state index is 0.0390. The van der Waals surface area contributed by atoms with Gasteiger partial charge in [0.25, 0.3) is 0 Å². The molecule has 3 heteroatoms. The molecule has 1 amide bonds. The van der Waals surface area contributed by atoms with Gasteiger partial charge in [-0.1, -0.05) is 51.1 Å². The van der Waals surface area contributed by atoms with Gasteiger partial charge < -0.3 is 10.4 Å². The molecule has 0 heterocycles. The number of rotatable bonds is 4. The second-order valence-electron chi connectivity index (χ2n) is 6.14. The lowest BCUT2D eigenvalue weighted by molar-refractivity contribution is -0.125. The highest BCUT2D eigenvalue weighted by Gasteiger charge is 2.29. The van der Waals surface area contributed by atoms with Crippen LogP contribution in [0.25, 0.3) is 0 Å². The zero-order chi connectivity index (χ0) is 13.8. The second-order valence-corrected chi connectivity index (χ2v) is 6.14. The summed E-state index contributed by atoms with van der Waals surface area (Å²) in [7, 11) is 0. The maximum Gasteiger partial charge on any atom is 0.221 e. The molecule has 1 aromatic carbocycles.